The molecule has 0 aliphatic heterocycles. The first-order valence-corrected chi connectivity index (χ1v) is 8.65. The van der Waals surface area contributed by atoms with E-state index in [1.165, 1.54) is 0 Å². The Bertz CT molecular complexity index is 621. The average Bonchev–Trinajstić information content (AvgIpc) is 2.50. The second-order valence-electron chi connectivity index (χ2n) is 4.20. The van der Waals surface area contributed by atoms with Crippen LogP contribution in [0.3, 0.4) is 0 Å². The number of carbonyl (C=O) groups excluding carboxylic acids is 1. The van der Waals surface area contributed by atoms with E-state index < -0.39 is 0 Å². The normalized spacial score (nSPS) is 11.2. The molecule has 0 saturated heterocycles. The molecule has 0 heterocycles. The summed E-state index contributed by atoms with van der Waals surface area (Å²) >= 11 is 5.79. The molecule has 0 bridgehead atoms. The molecule has 0 aliphatic carbocycles. The van der Waals surface area contributed by atoms with Crippen molar-refractivity contribution in [2.45, 2.75) is 6.92 Å². The van der Waals surface area contributed by atoms with Gasteiger partial charge in [-0.05, 0) is 0 Å². The number of hydrogen-bond acceptors (Lipinski definition) is 2. The fourth-order valence-electron chi connectivity index (χ4n) is 1.66. The van der Waals surface area contributed by atoms with Crippen LogP contribution in [0, 0.1) is 0 Å². The Hall–Kier alpha value is -1.54. The molecular weight excluding hydrogens is 351 g/mol. The van der Waals surface area contributed by atoms with Gasteiger partial charge in [-0.1, -0.05) is 0 Å². The van der Waals surface area contributed by atoms with Gasteiger partial charge >= 0.3 is 136 Å². The summed E-state index contributed by atoms with van der Waals surface area (Å²) in [5.74, 6) is -0.253. The SMILES string of the molecule is CCOC(=O)/C(=C\c1ccc(Cl)cc1)[Se]c1ccccc1. The van der Waals surface area contributed by atoms with Crippen LogP contribution in [0.1, 0.15) is 12.5 Å². The van der Waals surface area contributed by atoms with Crippen LogP contribution >= 0.6 is 11.6 Å². The van der Waals surface area contributed by atoms with E-state index in [1.54, 1.807) is 0 Å². The summed E-state index contributed by atoms with van der Waals surface area (Å²) in [5.41, 5.74) is 0.945. The number of ether oxygens (including phenoxy) is 1. The molecular formula is C17H15ClO2Se. The molecule has 0 unspecified atom stereocenters. The fourth-order valence-corrected chi connectivity index (χ4v) is 3.64. The molecule has 0 atom stereocenters. The van der Waals surface area contributed by atoms with Crippen LogP contribution in [0.5, 0.6) is 0 Å². The molecule has 0 N–H and O–H groups in total. The third-order valence-corrected chi connectivity index (χ3v) is 4.99. The number of hydrogen-bond donors (Lipinski definition) is 0. The number of halogens is 1. The Morgan fingerprint density at radius 2 is 1.81 bits per heavy atom. The van der Waals surface area contributed by atoms with Crippen molar-refractivity contribution in [3.63, 3.8) is 0 Å². The van der Waals surface area contributed by atoms with Crippen molar-refractivity contribution < 1.29 is 9.53 Å². The first kappa shape index (κ1) is 15.8. The summed E-state index contributed by atoms with van der Waals surface area (Å²) in [4.78, 5) is 12.1. The van der Waals surface area contributed by atoms with Crippen LogP contribution < -0.4 is 4.46 Å². The molecule has 0 aliphatic rings. The van der Waals surface area contributed by atoms with Gasteiger partial charge in [0.2, 0.25) is 0 Å². The second-order valence-corrected chi connectivity index (χ2v) is 6.97. The predicted octanol–water partition coefficient (Wildman–Crippen LogP) is 3.27. The van der Waals surface area contributed by atoms with Crippen molar-refractivity contribution >= 4 is 43.1 Å². The molecule has 108 valence electrons. The van der Waals surface area contributed by atoms with E-state index in [4.69, 9.17) is 16.3 Å². The van der Waals surface area contributed by atoms with Crippen LogP contribution in [0.4, 0.5) is 0 Å². The maximum atomic E-state index is 12.1. The van der Waals surface area contributed by atoms with Gasteiger partial charge < -0.3 is 0 Å². The van der Waals surface area contributed by atoms with E-state index in [0.29, 0.717) is 16.1 Å². The minimum atomic E-state index is -0.253. The topological polar surface area (TPSA) is 26.3 Å². The zero-order chi connectivity index (χ0) is 15.1. The minimum absolute atomic E-state index is 0.0901. The zero-order valence-corrected chi connectivity index (χ0v) is 14.1. The maximum absolute atomic E-state index is 12.1. The molecule has 21 heavy (non-hydrogen) atoms. The van der Waals surface area contributed by atoms with Crippen molar-refractivity contribution in [1.82, 2.24) is 0 Å². The van der Waals surface area contributed by atoms with Gasteiger partial charge in [0.25, 0.3) is 0 Å². The molecule has 4 heteroatoms. The molecule has 0 radical (unpaired) electrons. The summed E-state index contributed by atoms with van der Waals surface area (Å²) in [5, 5.41) is 0.679. The quantitative estimate of drug-likeness (QED) is 0.462. The molecule has 2 nitrogen and oxygen atoms in total. The first-order chi connectivity index (χ1) is 10.2. The van der Waals surface area contributed by atoms with Crippen molar-refractivity contribution in [2.75, 3.05) is 6.61 Å². The molecule has 0 aromatic heterocycles. The fraction of sp³-hybridized carbons (Fsp3) is 0.118. The second kappa shape index (κ2) is 8.04. The van der Waals surface area contributed by atoms with E-state index in [1.807, 2.05) is 67.6 Å². The van der Waals surface area contributed by atoms with Gasteiger partial charge in [-0.15, -0.1) is 0 Å². The summed E-state index contributed by atoms with van der Waals surface area (Å²) in [6.07, 6.45) is 1.88. The average molecular weight is 366 g/mol. The van der Waals surface area contributed by atoms with Crippen molar-refractivity contribution in [1.29, 1.82) is 0 Å². The van der Waals surface area contributed by atoms with E-state index in [9.17, 15) is 4.79 Å². The van der Waals surface area contributed by atoms with Crippen LogP contribution in [0.25, 0.3) is 6.08 Å². The van der Waals surface area contributed by atoms with E-state index in [0.717, 1.165) is 10.0 Å². The third kappa shape index (κ3) is 5.05. The van der Waals surface area contributed by atoms with E-state index >= 15 is 0 Å². The van der Waals surface area contributed by atoms with Crippen molar-refractivity contribution in [3.8, 4) is 0 Å². The Kier molecular flexibility index (Phi) is 6.06. The van der Waals surface area contributed by atoms with Gasteiger partial charge in [0, 0.05) is 0 Å². The Labute approximate surface area is 135 Å². The Balaban J connectivity index is 2.27. The van der Waals surface area contributed by atoms with Crippen LogP contribution in [-0.2, 0) is 9.53 Å². The summed E-state index contributed by atoms with van der Waals surface area (Å²) in [6, 6.07) is 17.4. The molecule has 0 spiro atoms. The molecule has 2 aromatic carbocycles. The van der Waals surface area contributed by atoms with Gasteiger partial charge in [-0.25, -0.2) is 0 Å². The Morgan fingerprint density at radius 3 is 2.43 bits per heavy atom. The van der Waals surface area contributed by atoms with E-state index in [2.05, 4.69) is 0 Å². The van der Waals surface area contributed by atoms with Crippen molar-refractivity contribution in [3.05, 3.63) is 69.7 Å². The van der Waals surface area contributed by atoms with Gasteiger partial charge in [-0.2, -0.15) is 0 Å². The Morgan fingerprint density at radius 1 is 1.14 bits per heavy atom. The van der Waals surface area contributed by atoms with Crippen LogP contribution in [0.2, 0.25) is 5.02 Å². The number of benzene rings is 2. The van der Waals surface area contributed by atoms with Gasteiger partial charge in [-0.3, -0.25) is 0 Å². The van der Waals surface area contributed by atoms with Gasteiger partial charge in [0.05, 0.1) is 0 Å². The molecule has 0 saturated carbocycles. The van der Waals surface area contributed by atoms with E-state index in [-0.39, 0.29) is 20.9 Å². The molecule has 2 aromatic rings. The van der Waals surface area contributed by atoms with Gasteiger partial charge in [0.15, 0.2) is 0 Å². The number of carbonyl (C=O) groups is 1. The van der Waals surface area contributed by atoms with Crippen LogP contribution in [0.15, 0.2) is 59.1 Å². The number of rotatable bonds is 5. The molecule has 0 fully saturated rings. The number of esters is 1. The zero-order valence-electron chi connectivity index (χ0n) is 11.6. The molecule has 0 amide bonds. The third-order valence-electron chi connectivity index (χ3n) is 2.62. The summed E-state index contributed by atoms with van der Waals surface area (Å²) in [7, 11) is 0. The van der Waals surface area contributed by atoms with Crippen LogP contribution in [-0.4, -0.2) is 27.5 Å². The van der Waals surface area contributed by atoms with Crippen molar-refractivity contribution in [2.24, 2.45) is 0 Å². The van der Waals surface area contributed by atoms with Gasteiger partial charge in [0.1, 0.15) is 0 Å². The standard InChI is InChI=1S/C17H15ClO2Se/c1-2-20-17(19)16(21-15-6-4-3-5-7-15)12-13-8-10-14(18)11-9-13/h3-12H,2H2,1H3/b16-12+. The first-order valence-electron chi connectivity index (χ1n) is 6.56. The predicted molar refractivity (Wildman–Crippen MR) is 87.9 cm³/mol. The summed E-state index contributed by atoms with van der Waals surface area (Å²) in [6.45, 7) is 2.19. The summed E-state index contributed by atoms with van der Waals surface area (Å²) < 4.78 is 6.98. The monoisotopic (exact) mass is 366 g/mol. The molecule has 2 rings (SSSR count).